The van der Waals surface area contributed by atoms with Crippen LogP contribution in [0.1, 0.15) is 36.6 Å². The Balaban J connectivity index is 1.88. The van der Waals surface area contributed by atoms with E-state index in [1.807, 2.05) is 35.6 Å². The predicted molar refractivity (Wildman–Crippen MR) is 70.2 cm³/mol. The van der Waals surface area contributed by atoms with E-state index in [9.17, 15) is 0 Å². The minimum atomic E-state index is 0.261. The van der Waals surface area contributed by atoms with Crippen molar-refractivity contribution in [2.45, 2.75) is 25.8 Å². The van der Waals surface area contributed by atoms with Gasteiger partial charge in [0.1, 0.15) is 5.82 Å². The lowest BCUT2D eigenvalue weighted by atomic mass is 10.2. The van der Waals surface area contributed by atoms with Crippen molar-refractivity contribution in [1.82, 2.24) is 19.9 Å². The minimum absolute atomic E-state index is 0.261. The summed E-state index contributed by atoms with van der Waals surface area (Å²) in [7, 11) is 2.02. The highest BCUT2D eigenvalue weighted by Crippen LogP contribution is 2.18. The van der Waals surface area contributed by atoms with Crippen LogP contribution >= 0.6 is 11.3 Å². The summed E-state index contributed by atoms with van der Waals surface area (Å²) in [6.45, 7) is 5.25. The normalized spacial score (nSPS) is 14.8. The van der Waals surface area contributed by atoms with Gasteiger partial charge in [0.05, 0.1) is 11.0 Å². The largest absolute Gasteiger partial charge is 0.337 e. The van der Waals surface area contributed by atoms with E-state index < -0.39 is 0 Å². The molecule has 0 fully saturated rings. The van der Waals surface area contributed by atoms with Crippen LogP contribution in [0, 0.1) is 0 Å². The van der Waals surface area contributed by atoms with Gasteiger partial charge in [-0.2, -0.15) is 0 Å². The van der Waals surface area contributed by atoms with Gasteiger partial charge >= 0.3 is 0 Å². The van der Waals surface area contributed by atoms with Crippen molar-refractivity contribution in [3.8, 4) is 0 Å². The van der Waals surface area contributed by atoms with E-state index in [2.05, 4.69) is 29.1 Å². The Hall–Kier alpha value is -1.20. The van der Waals surface area contributed by atoms with Crippen molar-refractivity contribution in [3.63, 3.8) is 0 Å². The number of hydrogen-bond donors (Lipinski definition) is 1. The Bertz CT molecular complexity index is 449. The zero-order valence-corrected chi connectivity index (χ0v) is 11.2. The molecule has 5 heteroatoms. The SMILES string of the molecule is CC(CNC(C)c1nccn1C)c1nccs1. The van der Waals surface area contributed by atoms with Gasteiger partial charge in [0.25, 0.3) is 0 Å². The highest BCUT2D eigenvalue weighted by atomic mass is 32.1. The average Bonchev–Trinajstić information content (AvgIpc) is 2.95. The van der Waals surface area contributed by atoms with Gasteiger partial charge in [-0.15, -0.1) is 11.3 Å². The van der Waals surface area contributed by atoms with Crippen LogP contribution in [0.4, 0.5) is 0 Å². The first kappa shape index (κ1) is 12.3. The number of aryl methyl sites for hydroxylation is 1. The van der Waals surface area contributed by atoms with E-state index in [4.69, 9.17) is 0 Å². The minimum Gasteiger partial charge on any atom is -0.337 e. The quantitative estimate of drug-likeness (QED) is 0.885. The molecule has 0 aliphatic heterocycles. The van der Waals surface area contributed by atoms with Gasteiger partial charge in [0.15, 0.2) is 0 Å². The number of thiazole rings is 1. The molecule has 0 aliphatic rings. The van der Waals surface area contributed by atoms with Crippen molar-refractivity contribution < 1.29 is 0 Å². The molecule has 2 aromatic heterocycles. The standard InChI is InChI=1S/C12H18N4S/c1-9(12-14-5-7-17-12)8-15-10(2)11-13-4-6-16(11)3/h4-7,9-10,15H,8H2,1-3H3. The van der Waals surface area contributed by atoms with Crippen LogP contribution in [-0.4, -0.2) is 21.1 Å². The highest BCUT2D eigenvalue weighted by molar-refractivity contribution is 7.09. The van der Waals surface area contributed by atoms with Crippen LogP contribution in [0.15, 0.2) is 24.0 Å². The Kier molecular flexibility index (Phi) is 3.91. The maximum atomic E-state index is 4.34. The Labute approximate surface area is 106 Å². The summed E-state index contributed by atoms with van der Waals surface area (Å²) >= 11 is 1.71. The van der Waals surface area contributed by atoms with Gasteiger partial charge < -0.3 is 9.88 Å². The highest BCUT2D eigenvalue weighted by Gasteiger charge is 2.13. The Morgan fingerprint density at radius 2 is 2.18 bits per heavy atom. The first-order chi connectivity index (χ1) is 8.18. The summed E-state index contributed by atoms with van der Waals surface area (Å²) in [5, 5.41) is 6.70. The van der Waals surface area contributed by atoms with E-state index in [1.165, 1.54) is 5.01 Å². The molecule has 0 radical (unpaired) electrons. The van der Waals surface area contributed by atoms with Crippen LogP contribution in [0.25, 0.3) is 0 Å². The predicted octanol–water partition coefficient (Wildman–Crippen LogP) is 2.33. The molecule has 2 atom stereocenters. The fourth-order valence-corrected chi connectivity index (χ4v) is 2.50. The van der Waals surface area contributed by atoms with E-state index in [0.717, 1.165) is 12.4 Å². The third-order valence-corrected chi connectivity index (χ3v) is 3.86. The molecule has 1 N–H and O–H groups in total. The van der Waals surface area contributed by atoms with Gasteiger partial charge in [0, 0.05) is 43.5 Å². The van der Waals surface area contributed by atoms with Crippen LogP contribution in [-0.2, 0) is 7.05 Å². The fraction of sp³-hybridized carbons (Fsp3) is 0.500. The van der Waals surface area contributed by atoms with Crippen molar-refractivity contribution in [2.24, 2.45) is 7.05 Å². The molecule has 0 aromatic carbocycles. The molecule has 17 heavy (non-hydrogen) atoms. The molecule has 0 bridgehead atoms. The molecule has 0 amide bonds. The molecule has 4 nitrogen and oxygen atoms in total. The first-order valence-corrected chi connectivity index (χ1v) is 6.66. The van der Waals surface area contributed by atoms with Gasteiger partial charge in [-0.1, -0.05) is 6.92 Å². The molecule has 92 valence electrons. The maximum Gasteiger partial charge on any atom is 0.125 e. The molecule has 0 spiro atoms. The lowest BCUT2D eigenvalue weighted by Crippen LogP contribution is -2.25. The first-order valence-electron chi connectivity index (χ1n) is 5.78. The van der Waals surface area contributed by atoms with Gasteiger partial charge in [0.2, 0.25) is 0 Å². The molecule has 2 heterocycles. The number of nitrogens with zero attached hydrogens (tertiary/aromatic N) is 3. The fourth-order valence-electron chi connectivity index (χ4n) is 1.80. The van der Waals surface area contributed by atoms with E-state index in [1.54, 1.807) is 11.3 Å². The smallest absolute Gasteiger partial charge is 0.125 e. The molecule has 0 saturated heterocycles. The van der Waals surface area contributed by atoms with Gasteiger partial charge in [-0.25, -0.2) is 9.97 Å². The molecule has 2 unspecified atom stereocenters. The lowest BCUT2D eigenvalue weighted by Gasteiger charge is -2.16. The summed E-state index contributed by atoms with van der Waals surface area (Å²) in [5.74, 6) is 1.51. The summed E-state index contributed by atoms with van der Waals surface area (Å²) in [6.07, 6.45) is 5.66. The Morgan fingerprint density at radius 1 is 1.35 bits per heavy atom. The zero-order chi connectivity index (χ0) is 12.3. The van der Waals surface area contributed by atoms with E-state index in [-0.39, 0.29) is 6.04 Å². The van der Waals surface area contributed by atoms with Crippen molar-refractivity contribution in [3.05, 3.63) is 34.8 Å². The number of hydrogen-bond acceptors (Lipinski definition) is 4. The van der Waals surface area contributed by atoms with Crippen LogP contribution < -0.4 is 5.32 Å². The van der Waals surface area contributed by atoms with Crippen LogP contribution in [0.2, 0.25) is 0 Å². The van der Waals surface area contributed by atoms with Crippen molar-refractivity contribution in [2.75, 3.05) is 6.54 Å². The number of nitrogens with one attached hydrogen (secondary N) is 1. The summed E-state index contributed by atoms with van der Waals surface area (Å²) in [4.78, 5) is 8.68. The van der Waals surface area contributed by atoms with E-state index in [0.29, 0.717) is 5.92 Å². The van der Waals surface area contributed by atoms with Crippen molar-refractivity contribution in [1.29, 1.82) is 0 Å². The summed E-state index contributed by atoms with van der Waals surface area (Å²) in [5.41, 5.74) is 0. The number of imidazole rings is 1. The average molecular weight is 250 g/mol. The van der Waals surface area contributed by atoms with Gasteiger partial charge in [-0.05, 0) is 6.92 Å². The van der Waals surface area contributed by atoms with Crippen LogP contribution in [0.3, 0.4) is 0 Å². The molecule has 0 saturated carbocycles. The number of aromatic nitrogens is 3. The second kappa shape index (κ2) is 5.42. The molecule has 2 rings (SSSR count). The Morgan fingerprint density at radius 3 is 2.76 bits per heavy atom. The maximum absolute atomic E-state index is 4.34. The lowest BCUT2D eigenvalue weighted by molar-refractivity contribution is 0.504. The molecule has 0 aliphatic carbocycles. The van der Waals surface area contributed by atoms with Gasteiger partial charge in [-0.3, -0.25) is 0 Å². The number of rotatable bonds is 5. The monoisotopic (exact) mass is 250 g/mol. The topological polar surface area (TPSA) is 42.7 Å². The van der Waals surface area contributed by atoms with Crippen molar-refractivity contribution >= 4 is 11.3 Å². The summed E-state index contributed by atoms with van der Waals surface area (Å²) < 4.78 is 2.05. The second-order valence-electron chi connectivity index (χ2n) is 4.30. The van der Waals surface area contributed by atoms with E-state index >= 15 is 0 Å². The molecular weight excluding hydrogens is 232 g/mol. The third kappa shape index (κ3) is 2.92. The summed E-state index contributed by atoms with van der Waals surface area (Å²) in [6, 6.07) is 0.261. The zero-order valence-electron chi connectivity index (χ0n) is 10.4. The second-order valence-corrected chi connectivity index (χ2v) is 5.22. The third-order valence-electron chi connectivity index (χ3n) is 2.85. The molecule has 2 aromatic rings. The van der Waals surface area contributed by atoms with Crippen LogP contribution in [0.5, 0.6) is 0 Å². The molecular formula is C12H18N4S.